The number of furan rings is 1. The van der Waals surface area contributed by atoms with Crippen LogP contribution in [-0.2, 0) is 11.3 Å². The highest BCUT2D eigenvalue weighted by Crippen LogP contribution is 2.32. The van der Waals surface area contributed by atoms with E-state index in [-0.39, 0.29) is 48.9 Å². The Labute approximate surface area is 230 Å². The highest BCUT2D eigenvalue weighted by atomic mass is 16.3. The summed E-state index contributed by atoms with van der Waals surface area (Å²) in [5, 5.41) is 0.663. The van der Waals surface area contributed by atoms with Gasteiger partial charge in [-0.1, -0.05) is 60.2 Å². The van der Waals surface area contributed by atoms with Crippen LogP contribution in [0.5, 0.6) is 0 Å². The second-order valence-electron chi connectivity index (χ2n) is 10.2. The zero-order chi connectivity index (χ0) is 28.0. The van der Waals surface area contributed by atoms with Crippen molar-refractivity contribution in [3.8, 4) is 0 Å². The third-order valence-corrected chi connectivity index (χ3v) is 7.62. The van der Waals surface area contributed by atoms with Crippen LogP contribution in [0.15, 0.2) is 88.1 Å². The van der Waals surface area contributed by atoms with Gasteiger partial charge in [0.2, 0.25) is 5.58 Å². The Kier molecular flexibility index (Phi) is 6.43. The van der Waals surface area contributed by atoms with Crippen LogP contribution in [0.25, 0.3) is 22.1 Å². The van der Waals surface area contributed by atoms with E-state index in [1.165, 1.54) is 9.47 Å². The van der Waals surface area contributed by atoms with Gasteiger partial charge in [0.15, 0.2) is 6.04 Å². The molecular weight excluding hydrogens is 506 g/mol. The molecule has 0 saturated carbocycles. The molecule has 0 bridgehead atoms. The number of carbonyl (C=O) groups is 2. The highest BCUT2D eigenvalue weighted by molar-refractivity contribution is 6.02. The molecule has 9 heteroatoms. The van der Waals surface area contributed by atoms with Crippen LogP contribution in [0.4, 0.5) is 0 Å². The number of nitrogens with two attached hydrogens (primary N) is 1. The average Bonchev–Trinajstić information content (AvgIpc) is 3.35. The van der Waals surface area contributed by atoms with Gasteiger partial charge >= 0.3 is 0 Å². The number of hydrogen-bond donors (Lipinski definition) is 1. The van der Waals surface area contributed by atoms with Crippen LogP contribution in [-0.4, -0.2) is 57.3 Å². The van der Waals surface area contributed by atoms with Crippen LogP contribution in [0.2, 0.25) is 0 Å². The molecule has 0 aliphatic carbocycles. The molecule has 3 heterocycles. The fourth-order valence-electron chi connectivity index (χ4n) is 5.32. The summed E-state index contributed by atoms with van der Waals surface area (Å²) in [5.74, 6) is -0.508. The summed E-state index contributed by atoms with van der Waals surface area (Å²) in [6.45, 7) is 2.47. The van der Waals surface area contributed by atoms with E-state index >= 15 is 0 Å². The predicted molar refractivity (Wildman–Crippen MR) is 152 cm³/mol. The molecule has 2 atom stereocenters. The van der Waals surface area contributed by atoms with E-state index in [0.29, 0.717) is 22.0 Å². The van der Waals surface area contributed by atoms with Gasteiger partial charge in [0, 0.05) is 31.1 Å². The maximum Gasteiger partial charge on any atom is 0.297 e. The molecule has 1 aliphatic heterocycles. The maximum absolute atomic E-state index is 14.0. The minimum absolute atomic E-state index is 0.105. The number of benzene rings is 3. The molecule has 5 aromatic rings. The second-order valence-corrected chi connectivity index (χ2v) is 10.2. The Morgan fingerprint density at radius 2 is 1.70 bits per heavy atom. The lowest BCUT2D eigenvalue weighted by atomic mass is 10.0. The molecule has 3 aromatic carbocycles. The van der Waals surface area contributed by atoms with Gasteiger partial charge in [-0.15, -0.1) is 0 Å². The normalized spacial score (nSPS) is 17.6. The first-order chi connectivity index (χ1) is 19.4. The van der Waals surface area contributed by atoms with Gasteiger partial charge in [0.05, 0.1) is 12.6 Å². The van der Waals surface area contributed by atoms with Crippen molar-refractivity contribution >= 4 is 33.9 Å². The van der Waals surface area contributed by atoms with Crippen molar-refractivity contribution in [3.05, 3.63) is 112 Å². The summed E-state index contributed by atoms with van der Waals surface area (Å²) in [7, 11) is 1.67. The number of aromatic nitrogens is 2. The lowest BCUT2D eigenvalue weighted by Crippen LogP contribution is -2.60. The molecule has 202 valence electrons. The lowest BCUT2D eigenvalue weighted by Gasteiger charge is -2.43. The molecule has 40 heavy (non-hydrogen) atoms. The van der Waals surface area contributed by atoms with Crippen molar-refractivity contribution < 1.29 is 14.0 Å². The Morgan fingerprint density at radius 3 is 2.42 bits per heavy atom. The van der Waals surface area contributed by atoms with Crippen LogP contribution in [0, 0.1) is 6.92 Å². The number of fused-ring (bicyclic) bond motifs is 3. The van der Waals surface area contributed by atoms with Crippen molar-refractivity contribution in [3.63, 3.8) is 0 Å². The van der Waals surface area contributed by atoms with E-state index in [2.05, 4.69) is 0 Å². The van der Waals surface area contributed by atoms with Crippen molar-refractivity contribution in [1.29, 1.82) is 0 Å². The molecule has 1 saturated heterocycles. The van der Waals surface area contributed by atoms with Gasteiger partial charge in [-0.25, -0.2) is 4.98 Å². The maximum atomic E-state index is 14.0. The molecule has 2 amide bonds. The summed E-state index contributed by atoms with van der Waals surface area (Å²) >= 11 is 0. The number of nitrogens with zero attached hydrogens (tertiary/aromatic N) is 4. The molecular formula is C31H29N5O4. The van der Waals surface area contributed by atoms with E-state index < -0.39 is 11.6 Å². The van der Waals surface area contributed by atoms with E-state index in [0.717, 1.165) is 11.1 Å². The van der Waals surface area contributed by atoms with E-state index in [9.17, 15) is 14.4 Å². The number of likely N-dealkylation sites (N-methyl/N-ethyl adjacent to an activating group) is 1. The monoisotopic (exact) mass is 535 g/mol. The van der Waals surface area contributed by atoms with Gasteiger partial charge in [-0.3, -0.25) is 19.0 Å². The first kappa shape index (κ1) is 25.5. The molecule has 9 nitrogen and oxygen atoms in total. The Balaban J connectivity index is 1.60. The van der Waals surface area contributed by atoms with Gasteiger partial charge < -0.3 is 20.0 Å². The Morgan fingerprint density at radius 1 is 1.00 bits per heavy atom. The van der Waals surface area contributed by atoms with Crippen LogP contribution in [0.1, 0.15) is 33.4 Å². The van der Waals surface area contributed by atoms with Crippen molar-refractivity contribution in [1.82, 2.24) is 19.4 Å². The fraction of sp³-hybridized carbons (Fsp3) is 0.226. The first-order valence-corrected chi connectivity index (χ1v) is 13.2. The molecule has 2 aromatic heterocycles. The average molecular weight is 536 g/mol. The van der Waals surface area contributed by atoms with Crippen LogP contribution >= 0.6 is 0 Å². The minimum atomic E-state index is -1.14. The zero-order valence-electron chi connectivity index (χ0n) is 22.3. The van der Waals surface area contributed by atoms with Gasteiger partial charge in [0.25, 0.3) is 17.4 Å². The molecule has 2 N–H and O–H groups in total. The third kappa shape index (κ3) is 4.24. The summed E-state index contributed by atoms with van der Waals surface area (Å²) in [5.41, 5.74) is 8.89. The predicted octanol–water partition coefficient (Wildman–Crippen LogP) is 3.48. The first-order valence-electron chi connectivity index (χ1n) is 13.2. The number of aryl methyl sites for hydroxylation is 1. The summed E-state index contributed by atoms with van der Waals surface area (Å²) in [6, 6.07) is 22.4. The Hall–Kier alpha value is -4.76. The van der Waals surface area contributed by atoms with Crippen molar-refractivity contribution in [2.45, 2.75) is 25.6 Å². The van der Waals surface area contributed by atoms with Crippen molar-refractivity contribution in [2.24, 2.45) is 5.73 Å². The molecule has 2 unspecified atom stereocenters. The quantitative estimate of drug-likeness (QED) is 0.369. The zero-order valence-corrected chi connectivity index (χ0v) is 22.3. The van der Waals surface area contributed by atoms with E-state index in [1.54, 1.807) is 30.1 Å². The smallest absolute Gasteiger partial charge is 0.297 e. The SMILES string of the molecule is Cc1ccc(C(=O)N2CC(CN)N(C)C(=O)C2c2nc3c(oc4ccccc43)c(=O)n2Cc2ccccc2)cc1. The van der Waals surface area contributed by atoms with Gasteiger partial charge in [-0.2, -0.15) is 0 Å². The number of carbonyl (C=O) groups excluding carboxylic acids is 2. The number of hydrogen-bond acceptors (Lipinski definition) is 6. The van der Waals surface area contributed by atoms with E-state index in [1.807, 2.05) is 67.6 Å². The molecule has 6 rings (SSSR count). The largest absolute Gasteiger partial charge is 0.448 e. The van der Waals surface area contributed by atoms with E-state index in [4.69, 9.17) is 15.1 Å². The molecule has 0 spiro atoms. The standard InChI is InChI=1S/C31H29N5O4/c1-19-12-14-21(15-13-19)29(37)35-18-22(16-32)34(2)30(38)26(35)28-33-25-23-10-6-7-11-24(23)40-27(25)31(39)36(28)17-20-8-4-3-5-9-20/h3-15,22,26H,16-18,32H2,1-2H3. The molecule has 1 aliphatic rings. The van der Waals surface area contributed by atoms with Crippen LogP contribution in [0.3, 0.4) is 0 Å². The number of amides is 2. The summed E-state index contributed by atoms with van der Waals surface area (Å²) < 4.78 is 7.41. The summed E-state index contributed by atoms with van der Waals surface area (Å²) in [4.78, 5) is 50.0. The Bertz CT molecular complexity index is 1790. The molecule has 0 radical (unpaired) electrons. The number of para-hydroxylation sites is 1. The molecule has 1 fully saturated rings. The topological polar surface area (TPSA) is 115 Å². The van der Waals surface area contributed by atoms with Crippen LogP contribution < -0.4 is 11.3 Å². The fourth-order valence-corrected chi connectivity index (χ4v) is 5.32. The minimum Gasteiger partial charge on any atom is -0.448 e. The number of piperazine rings is 1. The number of rotatable bonds is 5. The summed E-state index contributed by atoms with van der Waals surface area (Å²) in [6.07, 6.45) is 0. The second kappa shape index (κ2) is 10.1. The third-order valence-electron chi connectivity index (χ3n) is 7.62. The van der Waals surface area contributed by atoms with Crippen molar-refractivity contribution in [2.75, 3.05) is 20.1 Å². The van der Waals surface area contributed by atoms with Gasteiger partial charge in [0.1, 0.15) is 16.9 Å². The highest BCUT2D eigenvalue weighted by Gasteiger charge is 2.44. The van der Waals surface area contributed by atoms with Gasteiger partial charge in [-0.05, 0) is 36.8 Å². The lowest BCUT2D eigenvalue weighted by molar-refractivity contribution is -0.142.